The quantitative estimate of drug-likeness (QED) is 0.195. The van der Waals surface area contributed by atoms with Crippen molar-refractivity contribution in [1.29, 1.82) is 0 Å². The van der Waals surface area contributed by atoms with Gasteiger partial charge in [0, 0.05) is 0 Å². The molecular weight excluding hydrogens is 82.8 g/mol. The second kappa shape index (κ2) is 4.49. The Kier molecular flexibility index (Phi) is 4.12. The van der Waals surface area contributed by atoms with Crippen LogP contribution in [0.15, 0.2) is 0 Å². The minimum absolute atomic E-state index is 0.177. The molecule has 6 heavy (non-hydrogen) atoms. The third-order valence-electron chi connectivity index (χ3n) is 0.204. The molecule has 0 amide bonds. The second-order valence-electron chi connectivity index (χ2n) is 0.547. The monoisotopic (exact) mass is 86.0 g/mol. The Morgan fingerprint density at radius 2 is 2.50 bits per heavy atom. The third-order valence-corrected chi connectivity index (χ3v) is 0.204. The fourth-order valence-corrected chi connectivity index (χ4v) is 0.0671. The molecule has 0 heterocycles. The molecule has 0 unspecified atom stereocenters. The molecule has 0 aromatic rings. The van der Waals surface area contributed by atoms with E-state index in [0.29, 0.717) is 0 Å². The van der Waals surface area contributed by atoms with Crippen molar-refractivity contribution in [2.24, 2.45) is 0 Å². The lowest BCUT2D eigenvalue weighted by atomic mass is 10.6. The van der Waals surface area contributed by atoms with Crippen LogP contribution < -0.4 is 0 Å². The van der Waals surface area contributed by atoms with Crippen molar-refractivity contribution in [3.63, 3.8) is 0 Å². The van der Waals surface area contributed by atoms with E-state index in [2.05, 4.69) is 17.4 Å². The molecule has 0 saturated heterocycles. The van der Waals surface area contributed by atoms with Crippen molar-refractivity contribution in [3.8, 4) is 0 Å². The van der Waals surface area contributed by atoms with Crippen LogP contribution in [0.3, 0.4) is 0 Å². The molecule has 0 bridgehead atoms. The lowest BCUT2D eigenvalue weighted by Crippen LogP contribution is -1.92. The molecule has 0 aromatic heterocycles. The van der Waals surface area contributed by atoms with Crippen molar-refractivity contribution >= 4 is 14.5 Å². The molecule has 2 radical (unpaired) electrons. The van der Waals surface area contributed by atoms with Gasteiger partial charge in [-0.3, -0.25) is 4.79 Å². The van der Waals surface area contributed by atoms with E-state index in [0.717, 1.165) is 0 Å². The van der Waals surface area contributed by atoms with Crippen LogP contribution in [-0.4, -0.2) is 21.3 Å². The number of rotatable bonds is 3. The molecule has 3 nitrogen and oxygen atoms in total. The molecule has 0 aliphatic rings. The highest BCUT2D eigenvalue weighted by atomic mass is 16.7. The molecule has 0 saturated carbocycles. The van der Waals surface area contributed by atoms with Crippen LogP contribution in [0.4, 0.5) is 0 Å². The van der Waals surface area contributed by atoms with Gasteiger partial charge < -0.3 is 9.39 Å². The van der Waals surface area contributed by atoms with E-state index in [4.69, 9.17) is 0 Å². The predicted molar refractivity (Wildman–Crippen MR) is 18.9 cm³/mol. The molecule has 0 aliphatic heterocycles. The maximum atomic E-state index is 9.21. The third kappa shape index (κ3) is 3.49. The summed E-state index contributed by atoms with van der Waals surface area (Å²) >= 11 is 0. The highest BCUT2D eigenvalue weighted by molar-refractivity contribution is 5.97. The smallest absolute Gasteiger partial charge is 0.295 e. The van der Waals surface area contributed by atoms with Gasteiger partial charge in [0.15, 0.2) is 6.79 Å². The molecule has 0 fully saturated rings. The first-order valence-corrected chi connectivity index (χ1v) is 1.28. The van der Waals surface area contributed by atoms with Gasteiger partial charge in [-0.15, -0.1) is 0 Å². The van der Waals surface area contributed by atoms with Crippen molar-refractivity contribution < 1.29 is 14.2 Å². The van der Waals surface area contributed by atoms with E-state index in [-0.39, 0.29) is 13.3 Å². The minimum Gasteiger partial charge on any atom is -0.442 e. The van der Waals surface area contributed by atoms with Gasteiger partial charge in [-0.2, -0.15) is 0 Å². The van der Waals surface area contributed by atoms with E-state index in [1.807, 2.05) is 0 Å². The zero-order valence-electron chi connectivity index (χ0n) is 3.09. The average molecular weight is 85.9 g/mol. The van der Waals surface area contributed by atoms with Crippen molar-refractivity contribution in [3.05, 3.63) is 0 Å². The Balaban J connectivity index is 2.49. The van der Waals surface area contributed by atoms with Crippen LogP contribution >= 0.6 is 0 Å². The fraction of sp³-hybridized carbons (Fsp3) is 0.500. The van der Waals surface area contributed by atoms with Gasteiger partial charge in [-0.1, -0.05) is 0 Å². The first-order valence-electron chi connectivity index (χ1n) is 1.28. The summed E-state index contributed by atoms with van der Waals surface area (Å²) in [6.07, 6.45) is 0. The van der Waals surface area contributed by atoms with E-state index < -0.39 is 0 Å². The van der Waals surface area contributed by atoms with Gasteiger partial charge in [0.2, 0.25) is 0 Å². The van der Waals surface area contributed by atoms with Gasteiger partial charge in [-0.25, -0.2) is 0 Å². The Bertz CT molecular complexity index is 37.8. The SMILES string of the molecule is [B]OCOC=O. The first kappa shape index (κ1) is 5.49. The Morgan fingerprint density at radius 3 is 2.67 bits per heavy atom. The van der Waals surface area contributed by atoms with Gasteiger partial charge >= 0.3 is 0 Å². The predicted octanol–water partition coefficient (Wildman–Crippen LogP) is -0.783. The van der Waals surface area contributed by atoms with E-state index in [1.54, 1.807) is 0 Å². The van der Waals surface area contributed by atoms with Crippen LogP contribution in [0.25, 0.3) is 0 Å². The van der Waals surface area contributed by atoms with Crippen LogP contribution in [0, 0.1) is 0 Å². The van der Waals surface area contributed by atoms with Gasteiger partial charge in [0.05, 0.1) is 0 Å². The molecule has 0 spiro atoms. The standard InChI is InChI=1S/C2H3BO3/c3-6-2-5-1-4/h1H,2H2. The average Bonchev–Trinajstić information content (AvgIpc) is 1.61. The Hall–Kier alpha value is -0.505. The van der Waals surface area contributed by atoms with E-state index in [9.17, 15) is 4.79 Å². The van der Waals surface area contributed by atoms with Crippen LogP contribution in [0.1, 0.15) is 0 Å². The van der Waals surface area contributed by atoms with Gasteiger partial charge in [0.25, 0.3) is 14.5 Å². The Morgan fingerprint density at radius 1 is 1.83 bits per heavy atom. The topological polar surface area (TPSA) is 35.5 Å². The number of ether oxygens (including phenoxy) is 1. The van der Waals surface area contributed by atoms with Crippen molar-refractivity contribution in [2.45, 2.75) is 0 Å². The van der Waals surface area contributed by atoms with Crippen LogP contribution in [0.5, 0.6) is 0 Å². The summed E-state index contributed by atoms with van der Waals surface area (Å²) < 4.78 is 7.78. The van der Waals surface area contributed by atoms with Crippen molar-refractivity contribution in [1.82, 2.24) is 0 Å². The van der Waals surface area contributed by atoms with E-state index >= 15 is 0 Å². The summed E-state index contributed by atoms with van der Waals surface area (Å²) in [5.74, 6) is 0. The summed E-state index contributed by atoms with van der Waals surface area (Å²) in [5, 5.41) is 0. The molecule has 0 aromatic carbocycles. The summed E-state index contributed by atoms with van der Waals surface area (Å²) in [6.45, 7) is 0.0797. The van der Waals surface area contributed by atoms with Crippen LogP contribution in [0.2, 0.25) is 0 Å². The first-order chi connectivity index (χ1) is 2.91. The molecular formula is C2H3BO3. The largest absolute Gasteiger partial charge is 0.442 e. The normalized spacial score (nSPS) is 7.33. The number of hydrogen-bond acceptors (Lipinski definition) is 3. The molecule has 32 valence electrons. The summed E-state index contributed by atoms with van der Waals surface area (Å²) in [7, 11) is 4.43. The molecule has 0 rings (SSSR count). The highest BCUT2D eigenvalue weighted by Gasteiger charge is 1.69. The number of carbonyl (C=O) groups is 1. The van der Waals surface area contributed by atoms with Gasteiger partial charge in [0.1, 0.15) is 0 Å². The lowest BCUT2D eigenvalue weighted by molar-refractivity contribution is -0.134. The molecule has 0 N–H and O–H groups in total. The zero-order valence-corrected chi connectivity index (χ0v) is 3.09. The maximum absolute atomic E-state index is 9.21. The fourth-order valence-electron chi connectivity index (χ4n) is 0.0671. The number of carbonyl (C=O) groups excluding carboxylic acids is 1. The molecule has 0 atom stereocenters. The van der Waals surface area contributed by atoms with Crippen molar-refractivity contribution in [2.75, 3.05) is 6.79 Å². The van der Waals surface area contributed by atoms with E-state index in [1.165, 1.54) is 0 Å². The Labute approximate surface area is 36.7 Å². The molecule has 4 heteroatoms. The zero-order chi connectivity index (χ0) is 4.83. The van der Waals surface area contributed by atoms with Crippen LogP contribution in [-0.2, 0) is 14.2 Å². The minimum atomic E-state index is -0.177. The summed E-state index contributed by atoms with van der Waals surface area (Å²) in [5.41, 5.74) is 0. The second-order valence-corrected chi connectivity index (χ2v) is 0.547. The summed E-state index contributed by atoms with van der Waals surface area (Å²) in [6, 6.07) is 0. The highest BCUT2D eigenvalue weighted by Crippen LogP contribution is 1.61. The molecule has 0 aliphatic carbocycles. The number of hydrogen-bond donors (Lipinski definition) is 0. The maximum Gasteiger partial charge on any atom is 0.295 e. The van der Waals surface area contributed by atoms with Gasteiger partial charge in [-0.05, 0) is 0 Å². The summed E-state index contributed by atoms with van der Waals surface area (Å²) in [4.78, 5) is 9.21. The lowest BCUT2D eigenvalue weighted by Gasteiger charge is -1.89.